The summed E-state index contributed by atoms with van der Waals surface area (Å²) >= 11 is 0. The second kappa shape index (κ2) is 85.1. The minimum absolute atomic E-state index is 0.0527. The summed E-state index contributed by atoms with van der Waals surface area (Å²) in [6.07, 6.45) is 122. The molecule has 0 amide bonds. The van der Waals surface area contributed by atoms with Gasteiger partial charge in [-0.15, -0.1) is 0 Å². The fourth-order valence-electron chi connectivity index (χ4n) is 12.3. The second-order valence-electron chi connectivity index (χ2n) is 28.3. The molecule has 0 radical (unpaired) electrons. The third kappa shape index (κ3) is 85.0. The van der Waals surface area contributed by atoms with Crippen LogP contribution in [-0.2, 0) is 32.7 Å². The van der Waals surface area contributed by atoms with Crippen molar-refractivity contribution >= 4 is 19.8 Å². The third-order valence-electron chi connectivity index (χ3n) is 18.5. The molecule has 0 spiro atoms. The van der Waals surface area contributed by atoms with Gasteiger partial charge in [0.05, 0.1) is 13.2 Å². The Bertz CT molecular complexity index is 2130. The summed E-state index contributed by atoms with van der Waals surface area (Å²) in [4.78, 5) is 35.5. The van der Waals surface area contributed by atoms with E-state index in [0.29, 0.717) is 6.42 Å². The Morgan fingerprint density at radius 1 is 0.297 bits per heavy atom. The van der Waals surface area contributed by atoms with Crippen molar-refractivity contribution in [3.8, 4) is 0 Å². The number of esters is 2. The van der Waals surface area contributed by atoms with Gasteiger partial charge in [-0.3, -0.25) is 18.6 Å². The average Bonchev–Trinajstić information content (AvgIpc) is 1.04. The molecule has 0 saturated heterocycles. The third-order valence-corrected chi connectivity index (χ3v) is 19.5. The number of phosphoric acid groups is 1. The van der Waals surface area contributed by atoms with E-state index in [9.17, 15) is 19.0 Å². The van der Waals surface area contributed by atoms with E-state index in [1.807, 2.05) is 0 Å². The number of hydrogen-bond acceptors (Lipinski definition) is 8. The van der Waals surface area contributed by atoms with Crippen LogP contribution in [0.25, 0.3) is 0 Å². The largest absolute Gasteiger partial charge is 0.472 e. The van der Waals surface area contributed by atoms with Crippen molar-refractivity contribution in [2.45, 2.75) is 405 Å². The van der Waals surface area contributed by atoms with Crippen molar-refractivity contribution in [3.05, 3.63) is 134 Å². The van der Waals surface area contributed by atoms with Crippen LogP contribution >= 0.6 is 7.82 Å². The SMILES string of the molecule is CC/C=C\C/C=C\C/C=C\C/C=C\C/C=C\C/C=C\CCCCCCCCCCCCCCCCCCCCCCCCC(=O)OC(COC(=O)CCCCCCCCCCCCCCCCCCCCCCCCC/C=C\C/C=C\C/C=C\C/C=C\C/C=C\CC)COP(=O)(O)OCCN. The standard InChI is InChI=1S/C91H160NO8P/c1-3-5-7-9-11-13-15-17-19-21-23-25-27-29-31-33-35-37-39-41-43-44-46-48-50-52-54-56-58-60-62-64-66-68-70-72-74-76-78-80-82-84-91(94)100-89(88-99-101(95,96)98-86-85-92)87-97-90(93)83-81-79-77-75-73-71-69-67-65-63-61-59-57-55-53-51-49-47-45-42-40-38-36-34-32-30-28-26-24-22-20-18-16-14-12-10-8-6-4-2/h5-8,11-14,17-20,23-26,29-32,35,37,89H,3-4,9-10,15-16,21-22,27-28,33-34,36,38-88,92H2,1-2H3,(H,95,96)/b7-5-,8-6-,13-11-,14-12-,19-17-,20-18-,25-23-,26-24-,31-29-,32-30-,37-35-. The van der Waals surface area contributed by atoms with Crippen molar-refractivity contribution in [2.75, 3.05) is 26.4 Å². The zero-order chi connectivity index (χ0) is 72.9. The topological polar surface area (TPSA) is 134 Å². The van der Waals surface area contributed by atoms with E-state index in [1.165, 1.54) is 263 Å². The lowest BCUT2D eigenvalue weighted by Gasteiger charge is -2.19. The van der Waals surface area contributed by atoms with Crippen molar-refractivity contribution in [2.24, 2.45) is 5.73 Å². The van der Waals surface area contributed by atoms with Crippen molar-refractivity contribution in [1.29, 1.82) is 0 Å². The molecular formula is C91H160NO8P. The molecule has 582 valence electrons. The van der Waals surface area contributed by atoms with Crippen LogP contribution in [0.3, 0.4) is 0 Å². The molecule has 0 saturated carbocycles. The zero-order valence-electron chi connectivity index (χ0n) is 65.9. The van der Waals surface area contributed by atoms with Crippen LogP contribution in [0.1, 0.15) is 399 Å². The van der Waals surface area contributed by atoms with Gasteiger partial charge in [-0.1, -0.05) is 411 Å². The fourth-order valence-corrected chi connectivity index (χ4v) is 13.1. The van der Waals surface area contributed by atoms with Crippen LogP contribution in [0.4, 0.5) is 0 Å². The summed E-state index contributed by atoms with van der Waals surface area (Å²) in [7, 11) is -4.40. The molecule has 0 rings (SSSR count). The predicted molar refractivity (Wildman–Crippen MR) is 441 cm³/mol. The van der Waals surface area contributed by atoms with Crippen molar-refractivity contribution in [1.82, 2.24) is 0 Å². The van der Waals surface area contributed by atoms with Gasteiger partial charge >= 0.3 is 19.8 Å². The summed E-state index contributed by atoms with van der Waals surface area (Å²) in [6.45, 7) is 3.57. The van der Waals surface area contributed by atoms with Gasteiger partial charge in [-0.2, -0.15) is 0 Å². The fraction of sp³-hybridized carbons (Fsp3) is 0.736. The highest BCUT2D eigenvalue weighted by Crippen LogP contribution is 2.43. The van der Waals surface area contributed by atoms with Crippen LogP contribution in [0, 0.1) is 0 Å². The maximum absolute atomic E-state index is 12.8. The summed E-state index contributed by atoms with van der Waals surface area (Å²) in [5.41, 5.74) is 5.42. The number of nitrogens with two attached hydrogens (primary N) is 1. The lowest BCUT2D eigenvalue weighted by Crippen LogP contribution is -2.29. The van der Waals surface area contributed by atoms with Gasteiger partial charge in [0.2, 0.25) is 0 Å². The van der Waals surface area contributed by atoms with E-state index >= 15 is 0 Å². The van der Waals surface area contributed by atoms with E-state index in [2.05, 4.69) is 148 Å². The van der Waals surface area contributed by atoms with E-state index in [1.54, 1.807) is 0 Å². The maximum atomic E-state index is 12.8. The summed E-state index contributed by atoms with van der Waals surface area (Å²) < 4.78 is 33.3. The van der Waals surface area contributed by atoms with E-state index in [-0.39, 0.29) is 38.6 Å². The van der Waals surface area contributed by atoms with E-state index in [0.717, 1.165) is 103 Å². The first kappa shape index (κ1) is 97.2. The summed E-state index contributed by atoms with van der Waals surface area (Å²) in [5.74, 6) is -0.809. The van der Waals surface area contributed by atoms with Crippen LogP contribution in [-0.4, -0.2) is 49.3 Å². The number of ether oxygens (including phenoxy) is 2. The molecule has 0 aromatic heterocycles. The first-order valence-corrected chi connectivity index (χ1v) is 44.2. The van der Waals surface area contributed by atoms with E-state index < -0.39 is 26.5 Å². The Labute approximate surface area is 624 Å². The Balaban J connectivity index is 3.76. The van der Waals surface area contributed by atoms with Crippen LogP contribution < -0.4 is 5.73 Å². The molecule has 101 heavy (non-hydrogen) atoms. The Kier molecular flexibility index (Phi) is 81.8. The molecule has 0 aromatic rings. The highest BCUT2D eigenvalue weighted by atomic mass is 31.2. The summed E-state index contributed by atoms with van der Waals surface area (Å²) in [6, 6.07) is 0. The van der Waals surface area contributed by atoms with Gasteiger partial charge in [-0.05, 0) is 109 Å². The normalized spacial score (nSPS) is 13.5. The monoisotopic (exact) mass is 1430 g/mol. The van der Waals surface area contributed by atoms with Gasteiger partial charge < -0.3 is 20.1 Å². The first-order chi connectivity index (χ1) is 49.8. The molecular weight excluding hydrogens is 1270 g/mol. The Morgan fingerprint density at radius 2 is 0.515 bits per heavy atom. The molecule has 0 heterocycles. The van der Waals surface area contributed by atoms with Gasteiger partial charge in [0.15, 0.2) is 6.10 Å². The van der Waals surface area contributed by atoms with Gasteiger partial charge in [0, 0.05) is 19.4 Å². The molecule has 2 atom stereocenters. The number of phosphoric ester groups is 1. The van der Waals surface area contributed by atoms with Crippen LogP contribution in [0.15, 0.2) is 134 Å². The number of unbranched alkanes of at least 4 members (excludes halogenated alkanes) is 45. The molecule has 0 fully saturated rings. The number of rotatable bonds is 80. The molecule has 0 aliphatic rings. The number of carbonyl (C=O) groups is 2. The highest BCUT2D eigenvalue weighted by molar-refractivity contribution is 7.47. The molecule has 0 aromatic carbocycles. The van der Waals surface area contributed by atoms with Gasteiger partial charge in [0.1, 0.15) is 6.61 Å². The van der Waals surface area contributed by atoms with Gasteiger partial charge in [0.25, 0.3) is 0 Å². The lowest BCUT2D eigenvalue weighted by molar-refractivity contribution is -0.161. The predicted octanol–water partition coefficient (Wildman–Crippen LogP) is 29.1. The lowest BCUT2D eigenvalue weighted by atomic mass is 10.0. The maximum Gasteiger partial charge on any atom is 0.472 e. The Hall–Kier alpha value is -3.85. The second-order valence-corrected chi connectivity index (χ2v) is 29.7. The highest BCUT2D eigenvalue weighted by Gasteiger charge is 2.26. The molecule has 9 nitrogen and oxygen atoms in total. The molecule has 3 N–H and O–H groups in total. The van der Waals surface area contributed by atoms with Crippen LogP contribution in [0.5, 0.6) is 0 Å². The molecule has 2 unspecified atom stereocenters. The molecule has 0 aliphatic carbocycles. The van der Waals surface area contributed by atoms with E-state index in [4.69, 9.17) is 24.3 Å². The number of allylic oxidation sites excluding steroid dienone is 22. The minimum Gasteiger partial charge on any atom is -0.462 e. The first-order valence-electron chi connectivity index (χ1n) is 42.7. The van der Waals surface area contributed by atoms with Crippen molar-refractivity contribution in [3.63, 3.8) is 0 Å². The minimum atomic E-state index is -4.40. The quantitative estimate of drug-likeness (QED) is 0.0264. The van der Waals surface area contributed by atoms with Crippen molar-refractivity contribution < 1.29 is 37.6 Å². The average molecular weight is 1430 g/mol. The number of hydrogen-bond donors (Lipinski definition) is 2. The molecule has 10 heteroatoms. The Morgan fingerprint density at radius 3 is 0.762 bits per heavy atom. The summed E-state index contributed by atoms with van der Waals surface area (Å²) in [5, 5.41) is 0. The smallest absolute Gasteiger partial charge is 0.462 e. The molecule has 0 bridgehead atoms. The zero-order valence-corrected chi connectivity index (χ0v) is 66.8. The number of carbonyl (C=O) groups excluding carboxylic acids is 2. The molecule has 0 aliphatic heterocycles. The van der Waals surface area contributed by atoms with Gasteiger partial charge in [-0.25, -0.2) is 4.57 Å². The van der Waals surface area contributed by atoms with Crippen LogP contribution in [0.2, 0.25) is 0 Å².